The number of piperidine rings is 1. The fraction of sp³-hybridized carbons (Fsp3) is 0.263. The number of amides is 3. The molecule has 0 saturated carbocycles. The fourth-order valence-electron chi connectivity index (χ4n) is 3.19. The molecule has 3 rings (SSSR count). The summed E-state index contributed by atoms with van der Waals surface area (Å²) in [5, 5.41) is 17.4. The van der Waals surface area contributed by atoms with Crippen LogP contribution in [0.4, 0.5) is 19.3 Å². The first-order valence-corrected chi connectivity index (χ1v) is 9.02. The number of phenolic OH excluding ortho intramolecular Hbond substituents is 1. The maximum Gasteiger partial charge on any atom is 0.319 e. The molecular weight excluding hydrogens is 408 g/mol. The second-order valence-electron chi connectivity index (χ2n) is 6.49. The van der Waals surface area contributed by atoms with Crippen molar-refractivity contribution in [3.63, 3.8) is 0 Å². The van der Waals surface area contributed by atoms with E-state index in [-0.39, 0.29) is 46.6 Å². The van der Waals surface area contributed by atoms with Gasteiger partial charge in [-0.3, -0.25) is 4.79 Å². The number of benzene rings is 2. The van der Waals surface area contributed by atoms with Gasteiger partial charge in [0.25, 0.3) is 0 Å². The van der Waals surface area contributed by atoms with Gasteiger partial charge < -0.3 is 25.8 Å². The highest BCUT2D eigenvalue weighted by molar-refractivity contribution is 6.32. The monoisotopic (exact) mass is 425 g/mol. The molecule has 1 fully saturated rings. The minimum atomic E-state index is -0.918. The van der Waals surface area contributed by atoms with E-state index in [2.05, 4.69) is 16.0 Å². The minimum Gasteiger partial charge on any atom is -0.506 e. The molecule has 1 aliphatic rings. The average Bonchev–Trinajstić information content (AvgIpc) is 2.66. The molecule has 1 heterocycles. The molecule has 154 valence electrons. The number of rotatable bonds is 4. The topological polar surface area (TPSA) is 99.7 Å². The van der Waals surface area contributed by atoms with Gasteiger partial charge in [0.05, 0.1) is 18.2 Å². The molecule has 7 nitrogen and oxygen atoms in total. The molecule has 1 aliphatic heterocycles. The van der Waals surface area contributed by atoms with Crippen LogP contribution in [-0.2, 0) is 4.79 Å². The zero-order valence-electron chi connectivity index (χ0n) is 15.3. The fourth-order valence-corrected chi connectivity index (χ4v) is 3.31. The zero-order valence-corrected chi connectivity index (χ0v) is 16.0. The van der Waals surface area contributed by atoms with Crippen molar-refractivity contribution in [2.24, 2.45) is 0 Å². The van der Waals surface area contributed by atoms with Crippen LogP contribution in [-0.4, -0.2) is 36.7 Å². The number of hydrogen-bond donors (Lipinski definition) is 4. The summed E-state index contributed by atoms with van der Waals surface area (Å²) in [5.74, 6) is -3.24. The van der Waals surface area contributed by atoms with Gasteiger partial charge >= 0.3 is 6.03 Å². The van der Waals surface area contributed by atoms with Crippen LogP contribution in [0.2, 0.25) is 5.02 Å². The molecule has 0 aromatic heterocycles. The second-order valence-corrected chi connectivity index (χ2v) is 6.90. The number of nitrogens with one attached hydrogen (secondary N) is 3. The van der Waals surface area contributed by atoms with Gasteiger partial charge in [0.15, 0.2) is 0 Å². The van der Waals surface area contributed by atoms with Gasteiger partial charge in [0, 0.05) is 48.3 Å². The smallest absolute Gasteiger partial charge is 0.319 e. The van der Waals surface area contributed by atoms with Gasteiger partial charge in [0.2, 0.25) is 5.91 Å². The Morgan fingerprint density at radius 3 is 2.59 bits per heavy atom. The van der Waals surface area contributed by atoms with E-state index in [1.54, 1.807) is 0 Å². The number of halogens is 3. The predicted molar refractivity (Wildman–Crippen MR) is 102 cm³/mol. The van der Waals surface area contributed by atoms with Crippen LogP contribution in [0.3, 0.4) is 0 Å². The Hall–Kier alpha value is -3.07. The predicted octanol–water partition coefficient (Wildman–Crippen LogP) is 3.13. The van der Waals surface area contributed by atoms with Crippen molar-refractivity contribution >= 4 is 29.2 Å². The molecule has 1 saturated heterocycles. The number of methoxy groups -OCH3 is 1. The van der Waals surface area contributed by atoms with Crippen LogP contribution in [0, 0.1) is 11.6 Å². The second kappa shape index (κ2) is 8.52. The van der Waals surface area contributed by atoms with E-state index in [1.807, 2.05) is 0 Å². The molecular formula is C19H18ClF2N3O4. The molecule has 2 aromatic rings. The van der Waals surface area contributed by atoms with E-state index in [4.69, 9.17) is 16.3 Å². The summed E-state index contributed by atoms with van der Waals surface area (Å²) in [7, 11) is 1.28. The Bertz CT molecular complexity index is 934. The Morgan fingerprint density at radius 2 is 1.97 bits per heavy atom. The summed E-state index contributed by atoms with van der Waals surface area (Å²) in [6.07, 6.45) is -0.202. The van der Waals surface area contributed by atoms with Crippen molar-refractivity contribution in [1.82, 2.24) is 10.6 Å². The van der Waals surface area contributed by atoms with Crippen LogP contribution in [0.15, 0.2) is 30.3 Å². The Kier molecular flexibility index (Phi) is 6.07. The number of urea groups is 1. The molecule has 0 unspecified atom stereocenters. The van der Waals surface area contributed by atoms with Gasteiger partial charge in [-0.2, -0.15) is 0 Å². The third kappa shape index (κ3) is 4.68. The summed E-state index contributed by atoms with van der Waals surface area (Å²) < 4.78 is 33.9. The highest BCUT2D eigenvalue weighted by atomic mass is 35.5. The third-order valence-corrected chi connectivity index (χ3v) is 4.91. The lowest BCUT2D eigenvalue weighted by Crippen LogP contribution is -2.53. The number of carbonyl (C=O) groups is 2. The quantitative estimate of drug-likeness (QED) is 0.604. The molecule has 29 heavy (non-hydrogen) atoms. The zero-order chi connectivity index (χ0) is 21.1. The van der Waals surface area contributed by atoms with Crippen molar-refractivity contribution in [2.45, 2.75) is 18.4 Å². The number of ether oxygens (including phenoxy) is 1. The van der Waals surface area contributed by atoms with E-state index in [1.165, 1.54) is 25.3 Å². The summed E-state index contributed by atoms with van der Waals surface area (Å²) in [6.45, 7) is -0.00625. The lowest BCUT2D eigenvalue weighted by Gasteiger charge is -2.33. The molecule has 10 heteroatoms. The van der Waals surface area contributed by atoms with E-state index >= 15 is 0 Å². The number of hydrogen-bond acceptors (Lipinski definition) is 4. The van der Waals surface area contributed by atoms with Crippen LogP contribution >= 0.6 is 11.6 Å². The van der Waals surface area contributed by atoms with Crippen LogP contribution < -0.4 is 20.7 Å². The Morgan fingerprint density at radius 1 is 1.28 bits per heavy atom. The molecule has 0 bridgehead atoms. The molecule has 2 atom stereocenters. The number of phenols is 1. The molecule has 3 amide bonds. The summed E-state index contributed by atoms with van der Waals surface area (Å²) in [4.78, 5) is 24.2. The molecule has 0 spiro atoms. The van der Waals surface area contributed by atoms with Gasteiger partial charge in [-0.05, 0) is 12.1 Å². The van der Waals surface area contributed by atoms with Crippen molar-refractivity contribution in [3.05, 3.63) is 52.6 Å². The van der Waals surface area contributed by atoms with Gasteiger partial charge in [-0.1, -0.05) is 11.6 Å². The van der Waals surface area contributed by atoms with Gasteiger partial charge in [-0.15, -0.1) is 0 Å². The first-order valence-electron chi connectivity index (χ1n) is 8.64. The summed E-state index contributed by atoms with van der Waals surface area (Å²) >= 11 is 5.73. The van der Waals surface area contributed by atoms with Crippen LogP contribution in [0.1, 0.15) is 17.9 Å². The number of anilines is 1. The largest absolute Gasteiger partial charge is 0.506 e. The standard InChI is InChI=1S/C19H18ClF2N3O4/c1-29-10-5-13(21)18(14(22)6-10)11-7-17(27)23-8-15(11)25-19(28)24-9-2-3-12(20)16(26)4-9/h2-6,11,15,26H,7-8H2,1H3,(H,23,27)(H2,24,25,28)/t11-,15-/m1/s1. The molecule has 0 aliphatic carbocycles. The average molecular weight is 426 g/mol. The summed E-state index contributed by atoms with van der Waals surface area (Å²) in [6, 6.07) is 4.74. The number of carbonyl (C=O) groups excluding carboxylic acids is 2. The lowest BCUT2D eigenvalue weighted by molar-refractivity contribution is -0.123. The minimum absolute atomic E-state index is 0.00625. The normalized spacial score (nSPS) is 18.7. The van der Waals surface area contributed by atoms with Crippen molar-refractivity contribution < 1.29 is 28.2 Å². The Labute approximate surface area is 170 Å². The van der Waals surface area contributed by atoms with E-state index in [0.717, 1.165) is 12.1 Å². The lowest BCUT2D eigenvalue weighted by atomic mass is 9.85. The van der Waals surface area contributed by atoms with E-state index < -0.39 is 29.6 Å². The maximum absolute atomic E-state index is 14.5. The molecule has 2 aromatic carbocycles. The first kappa shape index (κ1) is 20.7. The molecule has 4 N–H and O–H groups in total. The van der Waals surface area contributed by atoms with Crippen LogP contribution in [0.5, 0.6) is 11.5 Å². The highest BCUT2D eigenvalue weighted by Gasteiger charge is 2.35. The van der Waals surface area contributed by atoms with E-state index in [0.29, 0.717) is 0 Å². The SMILES string of the molecule is COc1cc(F)c([C@@H]2CC(=O)NC[C@H]2NC(=O)Nc2ccc(Cl)c(O)c2)c(F)c1. The maximum atomic E-state index is 14.5. The highest BCUT2D eigenvalue weighted by Crippen LogP contribution is 2.33. The number of aromatic hydroxyl groups is 1. The van der Waals surface area contributed by atoms with Crippen molar-refractivity contribution in [3.8, 4) is 11.5 Å². The summed E-state index contributed by atoms with van der Waals surface area (Å²) in [5.41, 5.74) is -0.0299. The van der Waals surface area contributed by atoms with Gasteiger partial charge in [-0.25, -0.2) is 13.6 Å². The first-order chi connectivity index (χ1) is 13.8. The third-order valence-electron chi connectivity index (χ3n) is 4.59. The van der Waals surface area contributed by atoms with Gasteiger partial charge in [0.1, 0.15) is 23.1 Å². The van der Waals surface area contributed by atoms with E-state index in [9.17, 15) is 23.5 Å². The van der Waals surface area contributed by atoms with Crippen molar-refractivity contribution in [2.75, 3.05) is 19.0 Å². The Balaban J connectivity index is 1.80. The van der Waals surface area contributed by atoms with Crippen LogP contribution in [0.25, 0.3) is 0 Å². The molecule has 0 radical (unpaired) electrons. The van der Waals surface area contributed by atoms with Crippen molar-refractivity contribution in [1.29, 1.82) is 0 Å².